The summed E-state index contributed by atoms with van der Waals surface area (Å²) in [5.74, 6) is 2.56. The lowest BCUT2D eigenvalue weighted by molar-refractivity contribution is 0.0792. The van der Waals surface area contributed by atoms with Gasteiger partial charge in [0, 0.05) is 12.8 Å². The predicted octanol–water partition coefficient (Wildman–Crippen LogP) is 3.20. The van der Waals surface area contributed by atoms with Crippen molar-refractivity contribution < 1.29 is 14.2 Å². The number of hydrogen-bond donors (Lipinski definition) is 0. The Labute approximate surface area is 119 Å². The summed E-state index contributed by atoms with van der Waals surface area (Å²) in [5.41, 5.74) is 0. The van der Waals surface area contributed by atoms with E-state index in [0.717, 1.165) is 43.1 Å². The molecule has 0 radical (unpaired) electrons. The second-order valence-electron chi connectivity index (χ2n) is 5.36. The molecular formula is C16H21NO3. The van der Waals surface area contributed by atoms with Gasteiger partial charge < -0.3 is 14.2 Å². The molecule has 0 N–H and O–H groups in total. The van der Waals surface area contributed by atoms with E-state index in [2.05, 4.69) is 0 Å². The molecule has 0 aliphatic carbocycles. The number of nitrogens with zero attached hydrogens (tertiary/aromatic N) is 1. The van der Waals surface area contributed by atoms with Crippen LogP contribution in [-0.2, 0) is 4.74 Å². The average Bonchev–Trinajstić information content (AvgIpc) is 2.72. The zero-order valence-corrected chi connectivity index (χ0v) is 11.9. The summed E-state index contributed by atoms with van der Waals surface area (Å²) in [7, 11) is 1.71. The minimum absolute atomic E-state index is 0.0786. The molecule has 1 aromatic carbocycles. The molecule has 3 rings (SSSR count). The second-order valence-corrected chi connectivity index (χ2v) is 5.36. The normalized spacial score (nSPS) is 25.6. The van der Waals surface area contributed by atoms with Crippen molar-refractivity contribution in [3.05, 3.63) is 24.3 Å². The third-order valence-corrected chi connectivity index (χ3v) is 3.84. The van der Waals surface area contributed by atoms with E-state index in [9.17, 15) is 0 Å². The standard InChI is InChI=1S/C16H21NO3/c1-18-16-9-5-2-6-12(17-16)10-13-11-19-14-7-3-4-8-15(14)20-13/h3-4,7-8,12-13H,2,5-6,9-11H2,1H3. The molecule has 1 aromatic rings. The van der Waals surface area contributed by atoms with Crippen LogP contribution in [0.1, 0.15) is 32.1 Å². The Hall–Kier alpha value is -1.71. The predicted molar refractivity (Wildman–Crippen MR) is 77.7 cm³/mol. The first-order valence-electron chi connectivity index (χ1n) is 7.34. The Morgan fingerprint density at radius 3 is 2.95 bits per heavy atom. The molecular weight excluding hydrogens is 254 g/mol. The molecule has 0 aromatic heterocycles. The lowest BCUT2D eigenvalue weighted by atomic mass is 10.0. The molecule has 2 aliphatic heterocycles. The van der Waals surface area contributed by atoms with Crippen LogP contribution in [0.25, 0.3) is 0 Å². The van der Waals surface area contributed by atoms with Crippen LogP contribution in [0.5, 0.6) is 11.5 Å². The summed E-state index contributed by atoms with van der Waals surface area (Å²) in [5, 5.41) is 0. The number of para-hydroxylation sites is 2. The Kier molecular flexibility index (Phi) is 4.09. The van der Waals surface area contributed by atoms with Gasteiger partial charge >= 0.3 is 0 Å². The minimum atomic E-state index is 0.0786. The van der Waals surface area contributed by atoms with Crippen LogP contribution in [0.2, 0.25) is 0 Å². The number of fused-ring (bicyclic) bond motifs is 1. The third kappa shape index (κ3) is 3.06. The fraction of sp³-hybridized carbons (Fsp3) is 0.562. The molecule has 2 aliphatic rings. The van der Waals surface area contributed by atoms with Crippen LogP contribution in [0, 0.1) is 0 Å². The highest BCUT2D eigenvalue weighted by molar-refractivity contribution is 5.76. The van der Waals surface area contributed by atoms with Gasteiger partial charge in [0.2, 0.25) is 0 Å². The summed E-state index contributed by atoms with van der Waals surface area (Å²) >= 11 is 0. The van der Waals surface area contributed by atoms with Crippen LogP contribution in [0.15, 0.2) is 29.3 Å². The van der Waals surface area contributed by atoms with Gasteiger partial charge in [-0.3, -0.25) is 4.99 Å². The smallest absolute Gasteiger partial charge is 0.183 e. The number of benzene rings is 1. The highest BCUT2D eigenvalue weighted by Gasteiger charge is 2.25. The van der Waals surface area contributed by atoms with Crippen LogP contribution in [0.3, 0.4) is 0 Å². The molecule has 0 saturated heterocycles. The fourth-order valence-corrected chi connectivity index (χ4v) is 2.80. The summed E-state index contributed by atoms with van der Waals surface area (Å²) in [4.78, 5) is 4.70. The van der Waals surface area contributed by atoms with Crippen LogP contribution < -0.4 is 9.47 Å². The first-order chi connectivity index (χ1) is 9.85. The van der Waals surface area contributed by atoms with Crippen LogP contribution >= 0.6 is 0 Å². The van der Waals surface area contributed by atoms with Gasteiger partial charge in [-0.2, -0.15) is 0 Å². The van der Waals surface area contributed by atoms with Crippen molar-refractivity contribution in [3.63, 3.8) is 0 Å². The lowest BCUT2D eigenvalue weighted by Gasteiger charge is -2.28. The summed E-state index contributed by atoms with van der Waals surface area (Å²) in [6.07, 6.45) is 5.39. The minimum Gasteiger partial charge on any atom is -0.486 e. The van der Waals surface area contributed by atoms with Gasteiger partial charge in [0.1, 0.15) is 12.7 Å². The van der Waals surface area contributed by atoms with E-state index < -0.39 is 0 Å². The Bertz CT molecular complexity index is 486. The van der Waals surface area contributed by atoms with Crippen LogP contribution in [0.4, 0.5) is 0 Å². The highest BCUT2D eigenvalue weighted by atomic mass is 16.6. The quantitative estimate of drug-likeness (QED) is 0.832. The molecule has 0 bridgehead atoms. The van der Waals surface area contributed by atoms with Crippen molar-refractivity contribution in [1.29, 1.82) is 0 Å². The zero-order valence-electron chi connectivity index (χ0n) is 11.9. The molecule has 20 heavy (non-hydrogen) atoms. The maximum atomic E-state index is 6.01. The summed E-state index contributed by atoms with van der Waals surface area (Å²) < 4.78 is 17.1. The third-order valence-electron chi connectivity index (χ3n) is 3.84. The molecule has 0 saturated carbocycles. The van der Waals surface area contributed by atoms with Gasteiger partial charge in [0.05, 0.1) is 13.2 Å². The van der Waals surface area contributed by atoms with Crippen molar-refractivity contribution in [3.8, 4) is 11.5 Å². The van der Waals surface area contributed by atoms with Gasteiger partial charge in [0.15, 0.2) is 17.4 Å². The van der Waals surface area contributed by atoms with Gasteiger partial charge in [-0.15, -0.1) is 0 Å². The lowest BCUT2D eigenvalue weighted by Crippen LogP contribution is -2.32. The summed E-state index contributed by atoms with van der Waals surface area (Å²) in [6.45, 7) is 0.603. The maximum Gasteiger partial charge on any atom is 0.183 e. The van der Waals surface area contributed by atoms with Crippen molar-refractivity contribution in [1.82, 2.24) is 0 Å². The first-order valence-corrected chi connectivity index (χ1v) is 7.34. The number of rotatable bonds is 2. The number of methoxy groups -OCH3 is 1. The average molecular weight is 275 g/mol. The number of hydrogen-bond acceptors (Lipinski definition) is 4. The first kappa shape index (κ1) is 13.3. The van der Waals surface area contributed by atoms with Crippen molar-refractivity contribution >= 4 is 5.90 Å². The molecule has 0 fully saturated rings. The SMILES string of the molecule is COC1=NC(CC2COc3ccccc3O2)CCCC1. The molecule has 0 spiro atoms. The van der Waals surface area contributed by atoms with Crippen LogP contribution in [-0.4, -0.2) is 31.8 Å². The van der Waals surface area contributed by atoms with Crippen molar-refractivity contribution in [2.24, 2.45) is 4.99 Å². The van der Waals surface area contributed by atoms with E-state index in [-0.39, 0.29) is 12.1 Å². The second kappa shape index (κ2) is 6.16. The molecule has 2 heterocycles. The Morgan fingerprint density at radius 2 is 2.10 bits per heavy atom. The highest BCUT2D eigenvalue weighted by Crippen LogP contribution is 2.32. The van der Waals surface area contributed by atoms with Crippen molar-refractivity contribution in [2.75, 3.05) is 13.7 Å². The molecule has 4 nitrogen and oxygen atoms in total. The molecule has 2 unspecified atom stereocenters. The van der Waals surface area contributed by atoms with Gasteiger partial charge in [-0.1, -0.05) is 18.6 Å². The number of aliphatic imine (C=N–C) groups is 1. The van der Waals surface area contributed by atoms with E-state index in [1.807, 2.05) is 24.3 Å². The Morgan fingerprint density at radius 1 is 1.25 bits per heavy atom. The Balaban J connectivity index is 1.64. The molecule has 0 amide bonds. The number of ether oxygens (including phenoxy) is 3. The van der Waals surface area contributed by atoms with Gasteiger partial charge in [0.25, 0.3) is 0 Å². The van der Waals surface area contributed by atoms with E-state index in [4.69, 9.17) is 19.2 Å². The van der Waals surface area contributed by atoms with E-state index in [1.165, 1.54) is 6.42 Å². The largest absolute Gasteiger partial charge is 0.486 e. The van der Waals surface area contributed by atoms with E-state index >= 15 is 0 Å². The maximum absolute atomic E-state index is 6.01. The monoisotopic (exact) mass is 275 g/mol. The molecule has 2 atom stereocenters. The molecule has 108 valence electrons. The topological polar surface area (TPSA) is 40.0 Å². The fourth-order valence-electron chi connectivity index (χ4n) is 2.80. The van der Waals surface area contributed by atoms with Gasteiger partial charge in [-0.25, -0.2) is 0 Å². The van der Waals surface area contributed by atoms with E-state index in [1.54, 1.807) is 7.11 Å². The summed E-state index contributed by atoms with van der Waals surface area (Å²) in [6, 6.07) is 8.11. The van der Waals surface area contributed by atoms with E-state index in [0.29, 0.717) is 6.61 Å². The zero-order chi connectivity index (χ0) is 13.8. The molecule has 4 heteroatoms. The van der Waals surface area contributed by atoms with Gasteiger partial charge in [-0.05, 0) is 25.0 Å². The van der Waals surface area contributed by atoms with Crippen molar-refractivity contribution in [2.45, 2.75) is 44.2 Å².